The number of alkyl halides is 3. The average molecular weight is 209 g/mol. The van der Waals surface area contributed by atoms with Gasteiger partial charge in [-0.2, -0.15) is 18.3 Å². The molecule has 0 bridgehead atoms. The zero-order chi connectivity index (χ0) is 10.2. The SMILES string of the molecule is Cn1nc(C(F)(F)F)cc1C(N)=S. The minimum Gasteiger partial charge on any atom is -0.388 e. The number of nitrogens with two attached hydrogens (primary N) is 1. The van der Waals surface area contributed by atoms with E-state index in [4.69, 9.17) is 5.73 Å². The van der Waals surface area contributed by atoms with E-state index in [0.717, 1.165) is 10.7 Å². The van der Waals surface area contributed by atoms with Crippen LogP contribution < -0.4 is 5.73 Å². The third-order valence-electron chi connectivity index (χ3n) is 1.42. The molecule has 1 heterocycles. The first-order valence-corrected chi connectivity index (χ1v) is 3.64. The van der Waals surface area contributed by atoms with Crippen molar-refractivity contribution in [3.63, 3.8) is 0 Å². The highest BCUT2D eigenvalue weighted by atomic mass is 32.1. The van der Waals surface area contributed by atoms with E-state index < -0.39 is 11.9 Å². The molecule has 1 aromatic heterocycles. The van der Waals surface area contributed by atoms with Crippen molar-refractivity contribution in [1.29, 1.82) is 0 Å². The summed E-state index contributed by atoms with van der Waals surface area (Å²) in [5.41, 5.74) is 4.29. The van der Waals surface area contributed by atoms with Crippen LogP contribution >= 0.6 is 12.2 Å². The van der Waals surface area contributed by atoms with E-state index in [-0.39, 0.29) is 10.7 Å². The first-order chi connectivity index (χ1) is 5.82. The Morgan fingerprint density at radius 3 is 2.38 bits per heavy atom. The van der Waals surface area contributed by atoms with Gasteiger partial charge in [0.05, 0.1) is 5.69 Å². The number of halogens is 3. The largest absolute Gasteiger partial charge is 0.435 e. The Morgan fingerprint density at radius 2 is 2.15 bits per heavy atom. The molecule has 0 radical (unpaired) electrons. The topological polar surface area (TPSA) is 43.8 Å². The Kier molecular flexibility index (Phi) is 2.29. The lowest BCUT2D eigenvalue weighted by atomic mass is 10.3. The first kappa shape index (κ1) is 9.97. The summed E-state index contributed by atoms with van der Waals surface area (Å²) in [6.45, 7) is 0. The van der Waals surface area contributed by atoms with Crippen LogP contribution in [0.15, 0.2) is 6.07 Å². The lowest BCUT2D eigenvalue weighted by Crippen LogP contribution is -2.14. The van der Waals surface area contributed by atoms with Crippen LogP contribution in [0, 0.1) is 0 Å². The van der Waals surface area contributed by atoms with Crippen LogP contribution in [0.4, 0.5) is 13.2 Å². The van der Waals surface area contributed by atoms with Crippen molar-refractivity contribution >= 4 is 17.2 Å². The summed E-state index contributed by atoms with van der Waals surface area (Å²) in [5.74, 6) is 0. The lowest BCUT2D eigenvalue weighted by molar-refractivity contribution is -0.141. The highest BCUT2D eigenvalue weighted by molar-refractivity contribution is 7.80. The normalized spacial score (nSPS) is 11.7. The van der Waals surface area contributed by atoms with E-state index >= 15 is 0 Å². The van der Waals surface area contributed by atoms with Gasteiger partial charge in [0.2, 0.25) is 0 Å². The molecular weight excluding hydrogens is 203 g/mol. The summed E-state index contributed by atoms with van der Waals surface area (Å²) < 4.78 is 37.3. The molecule has 72 valence electrons. The summed E-state index contributed by atoms with van der Waals surface area (Å²) in [5, 5.41) is 3.23. The monoisotopic (exact) mass is 209 g/mol. The zero-order valence-corrected chi connectivity index (χ0v) is 7.41. The highest BCUT2D eigenvalue weighted by Gasteiger charge is 2.34. The molecule has 0 unspecified atom stereocenters. The predicted octanol–water partition coefficient (Wildman–Crippen LogP) is 1.07. The van der Waals surface area contributed by atoms with Gasteiger partial charge in [0.15, 0.2) is 5.69 Å². The second kappa shape index (κ2) is 2.99. The number of aryl methyl sites for hydroxylation is 1. The molecule has 1 aromatic rings. The summed E-state index contributed by atoms with van der Waals surface area (Å²) in [7, 11) is 1.35. The molecule has 0 aliphatic heterocycles. The predicted molar refractivity (Wildman–Crippen MR) is 44.1 cm³/mol. The number of nitrogens with zero attached hydrogens (tertiary/aromatic N) is 2. The minimum absolute atomic E-state index is 0.0994. The van der Waals surface area contributed by atoms with Crippen molar-refractivity contribution < 1.29 is 13.2 Å². The van der Waals surface area contributed by atoms with Crippen molar-refractivity contribution in [3.8, 4) is 0 Å². The molecule has 0 fully saturated rings. The van der Waals surface area contributed by atoms with Crippen LogP contribution in [0.2, 0.25) is 0 Å². The summed E-state index contributed by atoms with van der Waals surface area (Å²) in [6.07, 6.45) is -4.46. The van der Waals surface area contributed by atoms with Crippen molar-refractivity contribution in [1.82, 2.24) is 9.78 Å². The number of hydrogen-bond donors (Lipinski definition) is 1. The highest BCUT2D eigenvalue weighted by Crippen LogP contribution is 2.28. The van der Waals surface area contributed by atoms with Gasteiger partial charge < -0.3 is 5.73 Å². The third kappa shape index (κ3) is 1.97. The summed E-state index contributed by atoms with van der Waals surface area (Å²) >= 11 is 4.54. The van der Waals surface area contributed by atoms with Crippen LogP contribution in [0.5, 0.6) is 0 Å². The lowest BCUT2D eigenvalue weighted by Gasteiger charge is -1.98. The maximum absolute atomic E-state index is 12.1. The standard InChI is InChI=1S/C6H6F3N3S/c1-12-3(5(10)13)2-4(11-12)6(7,8)9/h2H,1H3,(H2,10,13). The molecule has 1 rings (SSSR count). The quantitative estimate of drug-likeness (QED) is 0.704. The molecule has 0 amide bonds. The van der Waals surface area contributed by atoms with Crippen molar-refractivity contribution in [2.24, 2.45) is 12.8 Å². The van der Waals surface area contributed by atoms with Crippen molar-refractivity contribution in [3.05, 3.63) is 17.5 Å². The molecule has 0 atom stereocenters. The molecular formula is C6H6F3N3S. The van der Waals surface area contributed by atoms with Gasteiger partial charge in [-0.3, -0.25) is 4.68 Å². The molecule has 0 aliphatic rings. The Bertz CT molecular complexity index is 341. The van der Waals surface area contributed by atoms with Gasteiger partial charge in [-0.25, -0.2) is 0 Å². The Balaban J connectivity index is 3.17. The molecule has 0 spiro atoms. The van der Waals surface area contributed by atoms with Gasteiger partial charge in [-0.05, 0) is 6.07 Å². The van der Waals surface area contributed by atoms with Crippen LogP contribution in [0.25, 0.3) is 0 Å². The summed E-state index contributed by atoms with van der Waals surface area (Å²) in [6, 6.07) is 0.822. The van der Waals surface area contributed by atoms with Crippen molar-refractivity contribution in [2.45, 2.75) is 6.18 Å². The van der Waals surface area contributed by atoms with E-state index in [2.05, 4.69) is 17.3 Å². The van der Waals surface area contributed by atoms with Gasteiger partial charge >= 0.3 is 6.18 Å². The number of aromatic nitrogens is 2. The minimum atomic E-state index is -4.46. The molecule has 0 saturated heterocycles. The first-order valence-electron chi connectivity index (χ1n) is 3.23. The smallest absolute Gasteiger partial charge is 0.388 e. The summed E-state index contributed by atoms with van der Waals surface area (Å²) in [4.78, 5) is -0.106. The van der Waals surface area contributed by atoms with Gasteiger partial charge in [-0.15, -0.1) is 0 Å². The van der Waals surface area contributed by atoms with Gasteiger partial charge in [-0.1, -0.05) is 12.2 Å². The maximum atomic E-state index is 12.1. The van der Waals surface area contributed by atoms with E-state index in [1.807, 2.05) is 0 Å². The Morgan fingerprint density at radius 1 is 1.62 bits per heavy atom. The Labute approximate surface area is 77.3 Å². The molecule has 0 aliphatic carbocycles. The fourth-order valence-corrected chi connectivity index (χ4v) is 1.03. The molecule has 3 nitrogen and oxygen atoms in total. The number of rotatable bonds is 1. The maximum Gasteiger partial charge on any atom is 0.435 e. The second-order valence-corrected chi connectivity index (χ2v) is 2.84. The van der Waals surface area contributed by atoms with Gasteiger partial charge in [0.1, 0.15) is 4.99 Å². The van der Waals surface area contributed by atoms with Gasteiger partial charge in [0, 0.05) is 7.05 Å². The van der Waals surface area contributed by atoms with Crippen LogP contribution in [-0.4, -0.2) is 14.8 Å². The molecule has 2 N–H and O–H groups in total. The van der Waals surface area contributed by atoms with E-state index in [9.17, 15) is 13.2 Å². The number of hydrogen-bond acceptors (Lipinski definition) is 2. The van der Waals surface area contributed by atoms with Crippen LogP contribution in [-0.2, 0) is 13.2 Å². The molecule has 7 heteroatoms. The second-order valence-electron chi connectivity index (χ2n) is 2.40. The van der Waals surface area contributed by atoms with Crippen molar-refractivity contribution in [2.75, 3.05) is 0 Å². The number of thiocarbonyl (C=S) groups is 1. The zero-order valence-electron chi connectivity index (χ0n) is 6.59. The average Bonchev–Trinajstić information content (AvgIpc) is 2.29. The van der Waals surface area contributed by atoms with E-state index in [1.165, 1.54) is 7.05 Å². The Hall–Kier alpha value is -1.11. The molecule has 0 aromatic carbocycles. The van der Waals surface area contributed by atoms with E-state index in [0.29, 0.717) is 0 Å². The molecule has 0 saturated carbocycles. The fraction of sp³-hybridized carbons (Fsp3) is 0.333. The van der Waals surface area contributed by atoms with Gasteiger partial charge in [0.25, 0.3) is 0 Å². The van der Waals surface area contributed by atoms with Crippen LogP contribution in [0.3, 0.4) is 0 Å². The van der Waals surface area contributed by atoms with Crippen LogP contribution in [0.1, 0.15) is 11.4 Å². The fourth-order valence-electron chi connectivity index (χ4n) is 0.836. The molecule has 13 heavy (non-hydrogen) atoms. The van der Waals surface area contributed by atoms with E-state index in [1.54, 1.807) is 0 Å². The third-order valence-corrected chi connectivity index (χ3v) is 1.63.